The molecule has 4 aromatic rings. The Morgan fingerprint density at radius 1 is 0.975 bits per heavy atom. The van der Waals surface area contributed by atoms with E-state index in [-0.39, 0.29) is 31.9 Å². The molecule has 0 aliphatic heterocycles. The number of nitrogens with zero attached hydrogens (tertiary/aromatic N) is 3. The number of ether oxygens (including phenoxy) is 4. The predicted octanol–water partition coefficient (Wildman–Crippen LogP) is 1.96. The molecule has 0 amide bonds. The average Bonchev–Trinajstić information content (AvgIpc) is 3.41. The Labute approximate surface area is 233 Å². The first kappa shape index (κ1) is 28.6. The van der Waals surface area contributed by atoms with E-state index >= 15 is 0 Å². The van der Waals surface area contributed by atoms with Crippen molar-refractivity contribution < 1.29 is 28.5 Å². The molecule has 0 spiro atoms. The van der Waals surface area contributed by atoms with Gasteiger partial charge in [0, 0.05) is 22.8 Å². The molecule has 13 heteroatoms. The summed E-state index contributed by atoms with van der Waals surface area (Å²) in [6, 6.07) is 13.9. The van der Waals surface area contributed by atoms with Gasteiger partial charge >= 0.3 is 11.9 Å². The maximum absolute atomic E-state index is 13.4. The highest BCUT2D eigenvalue weighted by Gasteiger charge is 2.32. The lowest BCUT2D eigenvalue weighted by Gasteiger charge is -2.29. The fourth-order valence-corrected chi connectivity index (χ4v) is 3.97. The number of hydrogen-bond donors (Lipinski definition) is 2. The van der Waals surface area contributed by atoms with Crippen molar-refractivity contribution in [2.24, 2.45) is 11.5 Å². The van der Waals surface area contributed by atoms with Crippen molar-refractivity contribution in [3.8, 4) is 28.3 Å². The van der Waals surface area contributed by atoms with E-state index in [0.717, 1.165) is 11.1 Å². The van der Waals surface area contributed by atoms with Crippen LogP contribution in [0.4, 0.5) is 0 Å². The molecule has 0 fully saturated rings. The minimum absolute atomic E-state index is 0.197. The summed E-state index contributed by atoms with van der Waals surface area (Å²) >= 11 is 5.99. The minimum atomic E-state index is -1.35. The van der Waals surface area contributed by atoms with Crippen LogP contribution in [0.15, 0.2) is 65.8 Å². The molecule has 0 saturated heterocycles. The normalized spacial score (nSPS) is 12.5. The first-order chi connectivity index (χ1) is 19.2. The maximum Gasteiger partial charge on any atom is 0.320 e. The van der Waals surface area contributed by atoms with Gasteiger partial charge in [-0.2, -0.15) is 5.10 Å². The van der Waals surface area contributed by atoms with Crippen LogP contribution in [0.5, 0.6) is 11.5 Å². The highest BCUT2D eigenvalue weighted by molar-refractivity contribution is 6.30. The topological polar surface area (TPSA) is 162 Å². The predicted molar refractivity (Wildman–Crippen MR) is 147 cm³/mol. The van der Waals surface area contributed by atoms with Crippen LogP contribution in [0.2, 0.25) is 5.02 Å². The van der Waals surface area contributed by atoms with E-state index in [1.54, 1.807) is 42.6 Å². The molecular weight excluding hydrogens is 542 g/mol. The number of nitrogens with two attached hydrogens (primary N) is 2. The van der Waals surface area contributed by atoms with Gasteiger partial charge < -0.3 is 30.4 Å². The van der Waals surface area contributed by atoms with Gasteiger partial charge in [0.1, 0.15) is 25.1 Å². The molecule has 0 aliphatic rings. The SMILES string of the molecule is COc1cc(-n2cnn3cc(-c4ccc(Cl)cc4)cc3c2=O)ccc1OCC(C)(COC(=O)CN)OC(=O)CN. The fourth-order valence-electron chi connectivity index (χ4n) is 3.84. The van der Waals surface area contributed by atoms with Crippen LogP contribution in [0, 0.1) is 0 Å². The van der Waals surface area contributed by atoms with Gasteiger partial charge in [0.05, 0.1) is 25.9 Å². The molecule has 2 heterocycles. The molecule has 210 valence electrons. The van der Waals surface area contributed by atoms with Crippen LogP contribution < -0.4 is 26.5 Å². The fraction of sp³-hybridized carbons (Fsp3) is 0.259. The van der Waals surface area contributed by atoms with Gasteiger partial charge in [0.2, 0.25) is 0 Å². The number of hydrogen-bond acceptors (Lipinski definition) is 10. The van der Waals surface area contributed by atoms with Crippen molar-refractivity contribution in [3.63, 3.8) is 0 Å². The Bertz CT molecular complexity index is 1580. The first-order valence-corrected chi connectivity index (χ1v) is 12.5. The number of rotatable bonds is 11. The summed E-state index contributed by atoms with van der Waals surface area (Å²) < 4.78 is 24.7. The second-order valence-corrected chi connectivity index (χ2v) is 9.42. The van der Waals surface area contributed by atoms with E-state index in [0.29, 0.717) is 27.7 Å². The Hall–Kier alpha value is -4.39. The summed E-state index contributed by atoms with van der Waals surface area (Å²) in [6.45, 7) is 0.335. The van der Waals surface area contributed by atoms with Gasteiger partial charge in [-0.15, -0.1) is 0 Å². The highest BCUT2D eigenvalue weighted by atomic mass is 35.5. The second-order valence-electron chi connectivity index (χ2n) is 8.99. The third-order valence-electron chi connectivity index (χ3n) is 5.90. The van der Waals surface area contributed by atoms with Crippen LogP contribution in [0.1, 0.15) is 6.92 Å². The summed E-state index contributed by atoms with van der Waals surface area (Å²) in [7, 11) is 1.44. The molecule has 0 radical (unpaired) electrons. The van der Waals surface area contributed by atoms with Crippen molar-refractivity contribution in [3.05, 3.63) is 76.4 Å². The van der Waals surface area contributed by atoms with Crippen LogP contribution in [0.25, 0.3) is 22.3 Å². The van der Waals surface area contributed by atoms with Crippen LogP contribution in [-0.2, 0) is 19.1 Å². The van der Waals surface area contributed by atoms with E-state index in [1.807, 2.05) is 12.1 Å². The van der Waals surface area contributed by atoms with E-state index < -0.39 is 17.5 Å². The lowest BCUT2D eigenvalue weighted by atomic mass is 10.1. The molecule has 1 atom stereocenters. The summed E-state index contributed by atoms with van der Waals surface area (Å²) in [5.74, 6) is -0.783. The number of esters is 2. The number of halogens is 1. The van der Waals surface area contributed by atoms with E-state index in [4.69, 9.17) is 42.0 Å². The third kappa shape index (κ3) is 6.42. The Balaban J connectivity index is 1.59. The smallest absolute Gasteiger partial charge is 0.320 e. The number of fused-ring (bicyclic) bond motifs is 1. The quantitative estimate of drug-likeness (QED) is 0.255. The number of carbonyl (C=O) groups is 2. The van der Waals surface area contributed by atoms with Gasteiger partial charge in [0.25, 0.3) is 5.56 Å². The molecule has 0 bridgehead atoms. The molecule has 40 heavy (non-hydrogen) atoms. The number of carbonyl (C=O) groups excluding carboxylic acids is 2. The van der Waals surface area contributed by atoms with Crippen molar-refractivity contribution in [2.45, 2.75) is 12.5 Å². The highest BCUT2D eigenvalue weighted by Crippen LogP contribution is 2.31. The lowest BCUT2D eigenvalue weighted by molar-refractivity contribution is -0.172. The average molecular weight is 570 g/mol. The first-order valence-electron chi connectivity index (χ1n) is 12.1. The Morgan fingerprint density at radius 2 is 1.70 bits per heavy atom. The largest absolute Gasteiger partial charge is 0.493 e. The Morgan fingerprint density at radius 3 is 2.38 bits per heavy atom. The van der Waals surface area contributed by atoms with Crippen molar-refractivity contribution in [1.82, 2.24) is 14.2 Å². The number of aromatic nitrogens is 3. The van der Waals surface area contributed by atoms with Gasteiger partial charge in [-0.3, -0.25) is 19.0 Å². The van der Waals surface area contributed by atoms with Gasteiger partial charge in [0.15, 0.2) is 17.1 Å². The van der Waals surface area contributed by atoms with Crippen LogP contribution in [-0.4, -0.2) is 65.1 Å². The molecule has 2 aromatic carbocycles. The van der Waals surface area contributed by atoms with Crippen molar-refractivity contribution >= 4 is 29.1 Å². The number of methoxy groups -OCH3 is 1. The lowest BCUT2D eigenvalue weighted by Crippen LogP contribution is -2.45. The maximum atomic E-state index is 13.4. The van der Waals surface area contributed by atoms with Gasteiger partial charge in [-0.25, -0.2) is 4.52 Å². The molecule has 4 rings (SSSR count). The van der Waals surface area contributed by atoms with Crippen molar-refractivity contribution in [1.29, 1.82) is 0 Å². The Kier molecular flexibility index (Phi) is 8.73. The van der Waals surface area contributed by atoms with Gasteiger partial charge in [-0.05, 0) is 42.8 Å². The summed E-state index contributed by atoms with van der Waals surface area (Å²) in [5.41, 5.74) is 11.6. The van der Waals surface area contributed by atoms with E-state index in [1.165, 1.54) is 29.4 Å². The van der Waals surface area contributed by atoms with Crippen molar-refractivity contribution in [2.75, 3.05) is 33.4 Å². The molecule has 0 saturated carbocycles. The second kappa shape index (κ2) is 12.2. The summed E-state index contributed by atoms with van der Waals surface area (Å²) in [6.07, 6.45) is 3.17. The molecule has 4 N–H and O–H groups in total. The van der Waals surface area contributed by atoms with Gasteiger partial charge in [-0.1, -0.05) is 23.7 Å². The molecular formula is C27H28ClN5O7. The molecule has 12 nitrogen and oxygen atoms in total. The summed E-state index contributed by atoms with van der Waals surface area (Å²) in [5, 5.41) is 4.99. The monoisotopic (exact) mass is 569 g/mol. The third-order valence-corrected chi connectivity index (χ3v) is 6.15. The van der Waals surface area contributed by atoms with Crippen LogP contribution >= 0.6 is 11.6 Å². The van der Waals surface area contributed by atoms with Crippen LogP contribution in [0.3, 0.4) is 0 Å². The summed E-state index contributed by atoms with van der Waals surface area (Å²) in [4.78, 5) is 36.8. The standard InChI is InChI=1S/C27H28ClN5O7/c1-27(40-25(35)12-30,15-39-24(34)11-29)14-38-22-8-7-20(10-23(22)37-2)32-16-31-33-13-18(9-21(33)26(32)36)17-3-5-19(28)6-4-17/h3-10,13,16H,11-12,14-15,29-30H2,1-2H3. The zero-order valence-corrected chi connectivity index (χ0v) is 22.6. The zero-order valence-electron chi connectivity index (χ0n) is 21.8. The molecule has 2 aromatic heterocycles. The zero-order chi connectivity index (χ0) is 28.9. The van der Waals surface area contributed by atoms with E-state index in [9.17, 15) is 14.4 Å². The number of benzene rings is 2. The molecule has 0 aliphatic carbocycles. The molecule has 1 unspecified atom stereocenters. The minimum Gasteiger partial charge on any atom is -0.493 e. The van der Waals surface area contributed by atoms with E-state index in [2.05, 4.69) is 5.10 Å².